The van der Waals surface area contributed by atoms with Gasteiger partial charge >= 0.3 is 0 Å². The minimum Gasteiger partial charge on any atom is -0.383 e. The molecule has 0 saturated heterocycles. The van der Waals surface area contributed by atoms with Crippen molar-refractivity contribution in [1.82, 2.24) is 20.6 Å². The van der Waals surface area contributed by atoms with Crippen LogP contribution in [0.25, 0.3) is 0 Å². The number of nitrogens with two attached hydrogens (primary N) is 1. The van der Waals surface area contributed by atoms with E-state index in [0.29, 0.717) is 19.7 Å². The molecule has 0 radical (unpaired) electrons. The molecule has 1 rings (SSSR count). The number of methoxy groups -OCH3 is 1. The Bertz CT molecular complexity index is 358. The molecule has 4 N–H and O–H groups in total. The van der Waals surface area contributed by atoms with E-state index < -0.39 is 0 Å². The summed E-state index contributed by atoms with van der Waals surface area (Å²) >= 11 is 0. The van der Waals surface area contributed by atoms with Crippen molar-refractivity contribution >= 4 is 11.7 Å². The van der Waals surface area contributed by atoms with Gasteiger partial charge in [0, 0.05) is 39.1 Å². The first-order chi connectivity index (χ1) is 8.25. The highest BCUT2D eigenvalue weighted by molar-refractivity contribution is 5.96. The van der Waals surface area contributed by atoms with Gasteiger partial charge in [0.15, 0.2) is 11.5 Å². The van der Waals surface area contributed by atoms with Crippen LogP contribution in [0.3, 0.4) is 0 Å². The first-order valence-corrected chi connectivity index (χ1v) is 5.30. The van der Waals surface area contributed by atoms with Crippen LogP contribution >= 0.6 is 0 Å². The van der Waals surface area contributed by atoms with E-state index in [1.54, 1.807) is 7.11 Å². The number of amides is 1. The van der Waals surface area contributed by atoms with Crippen LogP contribution in [0.2, 0.25) is 0 Å². The Morgan fingerprint density at radius 3 is 2.82 bits per heavy atom. The second kappa shape index (κ2) is 7.53. The molecule has 0 atom stereocenters. The monoisotopic (exact) mass is 239 g/mol. The zero-order chi connectivity index (χ0) is 12.5. The summed E-state index contributed by atoms with van der Waals surface area (Å²) in [6.07, 6.45) is 2.88. The molecule has 1 amide bonds. The maximum atomic E-state index is 11.6. The molecule has 0 spiro atoms. The third kappa shape index (κ3) is 4.75. The maximum absolute atomic E-state index is 11.6. The SMILES string of the molecule is COCCNCCNC(=O)c1nccnc1N. The van der Waals surface area contributed by atoms with Crippen LogP contribution in [0, 0.1) is 0 Å². The van der Waals surface area contributed by atoms with Crippen molar-refractivity contribution in [3.63, 3.8) is 0 Å². The van der Waals surface area contributed by atoms with Crippen LogP contribution in [0.5, 0.6) is 0 Å². The summed E-state index contributed by atoms with van der Waals surface area (Å²) in [5.74, 6) is -0.179. The van der Waals surface area contributed by atoms with Crippen molar-refractivity contribution in [1.29, 1.82) is 0 Å². The molecular formula is C10H17N5O2. The summed E-state index contributed by atoms with van der Waals surface area (Å²) in [4.78, 5) is 19.3. The van der Waals surface area contributed by atoms with E-state index in [1.165, 1.54) is 12.4 Å². The fourth-order valence-corrected chi connectivity index (χ4v) is 1.17. The largest absolute Gasteiger partial charge is 0.383 e. The molecule has 0 aliphatic heterocycles. The number of aromatic nitrogens is 2. The summed E-state index contributed by atoms with van der Waals surface area (Å²) in [6, 6.07) is 0. The van der Waals surface area contributed by atoms with Crippen molar-refractivity contribution in [2.45, 2.75) is 0 Å². The van der Waals surface area contributed by atoms with Crippen molar-refractivity contribution in [2.75, 3.05) is 39.1 Å². The Hall–Kier alpha value is -1.73. The first kappa shape index (κ1) is 13.3. The number of anilines is 1. The molecule has 7 nitrogen and oxygen atoms in total. The molecule has 94 valence electrons. The van der Waals surface area contributed by atoms with E-state index in [4.69, 9.17) is 10.5 Å². The number of nitrogens with zero attached hydrogens (tertiary/aromatic N) is 2. The number of carbonyl (C=O) groups is 1. The topological polar surface area (TPSA) is 102 Å². The third-order valence-corrected chi connectivity index (χ3v) is 2.01. The third-order valence-electron chi connectivity index (χ3n) is 2.01. The second-order valence-corrected chi connectivity index (χ2v) is 3.29. The van der Waals surface area contributed by atoms with Gasteiger partial charge in [-0.15, -0.1) is 0 Å². The number of rotatable bonds is 7. The van der Waals surface area contributed by atoms with Crippen LogP contribution in [-0.2, 0) is 4.74 Å². The van der Waals surface area contributed by atoms with E-state index in [1.807, 2.05) is 0 Å². The van der Waals surface area contributed by atoms with Gasteiger partial charge in [0.2, 0.25) is 0 Å². The Labute approximate surface area is 99.8 Å². The average molecular weight is 239 g/mol. The van der Waals surface area contributed by atoms with Crippen molar-refractivity contribution in [3.8, 4) is 0 Å². The number of hydrogen-bond acceptors (Lipinski definition) is 6. The van der Waals surface area contributed by atoms with Crippen LogP contribution in [-0.4, -0.2) is 49.2 Å². The van der Waals surface area contributed by atoms with Gasteiger partial charge in [0.05, 0.1) is 6.61 Å². The summed E-state index contributed by atoms with van der Waals surface area (Å²) in [7, 11) is 1.64. The molecule has 17 heavy (non-hydrogen) atoms. The van der Waals surface area contributed by atoms with E-state index in [9.17, 15) is 4.79 Å². The molecule has 1 aromatic heterocycles. The Morgan fingerprint density at radius 2 is 2.12 bits per heavy atom. The maximum Gasteiger partial charge on any atom is 0.273 e. The second-order valence-electron chi connectivity index (χ2n) is 3.29. The molecule has 0 aliphatic carbocycles. The van der Waals surface area contributed by atoms with Crippen LogP contribution < -0.4 is 16.4 Å². The molecule has 0 unspecified atom stereocenters. The average Bonchev–Trinajstić information content (AvgIpc) is 2.34. The van der Waals surface area contributed by atoms with E-state index >= 15 is 0 Å². The van der Waals surface area contributed by atoms with E-state index in [2.05, 4.69) is 20.6 Å². The van der Waals surface area contributed by atoms with Gasteiger partial charge < -0.3 is 21.1 Å². The lowest BCUT2D eigenvalue weighted by atomic mass is 10.4. The van der Waals surface area contributed by atoms with Crippen molar-refractivity contribution < 1.29 is 9.53 Å². The van der Waals surface area contributed by atoms with Gasteiger partial charge in [-0.25, -0.2) is 9.97 Å². The fourth-order valence-electron chi connectivity index (χ4n) is 1.17. The van der Waals surface area contributed by atoms with Gasteiger partial charge in [-0.1, -0.05) is 0 Å². The molecule has 0 fully saturated rings. The standard InChI is InChI=1S/C10H17N5O2/c1-17-7-6-12-2-3-15-10(16)8-9(11)14-5-4-13-8/h4-5,12H,2-3,6-7H2,1H3,(H2,11,14)(H,15,16). The lowest BCUT2D eigenvalue weighted by molar-refractivity contribution is 0.0949. The van der Waals surface area contributed by atoms with Crippen LogP contribution in [0.1, 0.15) is 10.5 Å². The Morgan fingerprint density at radius 1 is 1.35 bits per heavy atom. The lowest BCUT2D eigenvalue weighted by Crippen LogP contribution is -2.33. The number of hydrogen-bond donors (Lipinski definition) is 3. The molecule has 7 heteroatoms. The minimum atomic E-state index is -0.316. The lowest BCUT2D eigenvalue weighted by Gasteiger charge is -2.06. The summed E-state index contributed by atoms with van der Waals surface area (Å²) < 4.78 is 4.87. The summed E-state index contributed by atoms with van der Waals surface area (Å²) in [5, 5.41) is 5.79. The number of ether oxygens (including phenoxy) is 1. The quantitative estimate of drug-likeness (QED) is 0.529. The summed E-state index contributed by atoms with van der Waals surface area (Å²) in [6.45, 7) is 2.55. The molecule has 0 bridgehead atoms. The minimum absolute atomic E-state index is 0.136. The predicted octanol–water partition coefficient (Wildman–Crippen LogP) is -0.975. The summed E-state index contributed by atoms with van der Waals surface area (Å²) in [5.41, 5.74) is 5.68. The highest BCUT2D eigenvalue weighted by atomic mass is 16.5. The molecule has 0 aliphatic rings. The zero-order valence-corrected chi connectivity index (χ0v) is 9.77. The molecule has 0 saturated carbocycles. The van der Waals surface area contributed by atoms with Gasteiger partial charge in [-0.05, 0) is 0 Å². The van der Waals surface area contributed by atoms with Gasteiger partial charge in [0.1, 0.15) is 0 Å². The van der Waals surface area contributed by atoms with Crippen LogP contribution in [0.15, 0.2) is 12.4 Å². The van der Waals surface area contributed by atoms with Crippen LogP contribution in [0.4, 0.5) is 5.82 Å². The fraction of sp³-hybridized carbons (Fsp3) is 0.500. The zero-order valence-electron chi connectivity index (χ0n) is 9.77. The van der Waals surface area contributed by atoms with Gasteiger partial charge in [-0.3, -0.25) is 4.79 Å². The number of carbonyl (C=O) groups excluding carboxylic acids is 1. The van der Waals surface area contributed by atoms with Crippen molar-refractivity contribution in [3.05, 3.63) is 18.1 Å². The Kier molecular flexibility index (Phi) is 5.91. The number of nitrogens with one attached hydrogen (secondary N) is 2. The van der Waals surface area contributed by atoms with E-state index in [-0.39, 0.29) is 17.4 Å². The molecule has 0 aromatic carbocycles. The molecule has 1 heterocycles. The Balaban J connectivity index is 2.24. The predicted molar refractivity (Wildman–Crippen MR) is 63.5 cm³/mol. The van der Waals surface area contributed by atoms with Gasteiger partial charge in [0.25, 0.3) is 5.91 Å². The molecular weight excluding hydrogens is 222 g/mol. The van der Waals surface area contributed by atoms with Crippen molar-refractivity contribution in [2.24, 2.45) is 0 Å². The van der Waals surface area contributed by atoms with E-state index in [0.717, 1.165) is 6.54 Å². The number of nitrogen functional groups attached to an aromatic ring is 1. The van der Waals surface area contributed by atoms with Gasteiger partial charge in [-0.2, -0.15) is 0 Å². The highest BCUT2D eigenvalue weighted by Crippen LogP contribution is 2.01. The highest BCUT2D eigenvalue weighted by Gasteiger charge is 2.10. The first-order valence-electron chi connectivity index (χ1n) is 5.30. The normalized spacial score (nSPS) is 10.2. The smallest absolute Gasteiger partial charge is 0.273 e. The molecule has 1 aromatic rings.